The number of carbonyl (C=O) groups is 1. The van der Waals surface area contributed by atoms with E-state index in [2.05, 4.69) is 10.9 Å². The second-order valence-corrected chi connectivity index (χ2v) is 6.92. The first-order valence-electron chi connectivity index (χ1n) is 9.04. The molecule has 2 aliphatic heterocycles. The van der Waals surface area contributed by atoms with Gasteiger partial charge in [-0.25, -0.2) is 15.2 Å². The van der Waals surface area contributed by atoms with Crippen molar-refractivity contribution in [2.45, 2.75) is 18.5 Å². The number of anilines is 2. The lowest BCUT2D eigenvalue weighted by Crippen LogP contribution is -2.50. The summed E-state index contributed by atoms with van der Waals surface area (Å²) in [4.78, 5) is 16.9. The molecule has 0 radical (unpaired) electrons. The van der Waals surface area contributed by atoms with E-state index in [1.54, 1.807) is 18.1 Å². The first-order chi connectivity index (χ1) is 13.1. The fraction of sp³-hybridized carbons (Fsp3) is 0.350. The van der Waals surface area contributed by atoms with Gasteiger partial charge >= 0.3 is 0 Å². The number of hydrogen-bond acceptors (Lipinski definition) is 5. The van der Waals surface area contributed by atoms with Crippen LogP contribution in [0.5, 0.6) is 5.75 Å². The van der Waals surface area contributed by atoms with E-state index in [1.807, 2.05) is 36.2 Å². The van der Waals surface area contributed by atoms with Gasteiger partial charge in [-0.3, -0.25) is 4.79 Å². The summed E-state index contributed by atoms with van der Waals surface area (Å²) in [6.45, 7) is 1.24. The molecule has 2 heterocycles. The minimum absolute atomic E-state index is 0.0131. The highest BCUT2D eigenvalue weighted by Gasteiger charge is 2.36. The summed E-state index contributed by atoms with van der Waals surface area (Å²) < 4.78 is 19.1. The van der Waals surface area contributed by atoms with Crippen molar-refractivity contribution >= 4 is 17.3 Å². The lowest BCUT2D eigenvalue weighted by Gasteiger charge is -2.36. The van der Waals surface area contributed by atoms with Crippen LogP contribution in [0.15, 0.2) is 42.5 Å². The van der Waals surface area contributed by atoms with Gasteiger partial charge in [0.15, 0.2) is 0 Å². The Morgan fingerprint density at radius 2 is 1.96 bits per heavy atom. The minimum atomic E-state index is -0.360. The minimum Gasteiger partial charge on any atom is -0.496 e. The number of methoxy groups -OCH3 is 1. The molecular formula is C20H23FN4O2. The molecule has 0 spiro atoms. The predicted octanol–water partition coefficient (Wildman–Crippen LogP) is 2.22. The largest absolute Gasteiger partial charge is 0.496 e. The van der Waals surface area contributed by atoms with Gasteiger partial charge in [0.2, 0.25) is 5.91 Å². The maximum Gasteiger partial charge on any atom is 0.245 e. The van der Waals surface area contributed by atoms with E-state index in [9.17, 15) is 9.18 Å². The Kier molecular flexibility index (Phi) is 4.72. The maximum absolute atomic E-state index is 13.6. The Labute approximate surface area is 157 Å². The summed E-state index contributed by atoms with van der Waals surface area (Å²) in [6, 6.07) is 12.0. The van der Waals surface area contributed by atoms with E-state index >= 15 is 0 Å². The average molecular weight is 370 g/mol. The molecule has 2 N–H and O–H groups in total. The molecule has 1 fully saturated rings. The monoisotopic (exact) mass is 370 g/mol. The molecule has 142 valence electrons. The van der Waals surface area contributed by atoms with E-state index in [0.717, 1.165) is 22.7 Å². The zero-order valence-electron chi connectivity index (χ0n) is 15.4. The molecule has 2 aliphatic rings. The number of ether oxygens (including phenoxy) is 1. The molecule has 2 aromatic rings. The number of halogens is 1. The fourth-order valence-electron chi connectivity index (χ4n) is 3.81. The molecule has 0 aliphatic carbocycles. The molecule has 0 aromatic heterocycles. The predicted molar refractivity (Wildman–Crippen MR) is 102 cm³/mol. The van der Waals surface area contributed by atoms with Gasteiger partial charge in [-0.2, -0.15) is 0 Å². The molecule has 4 rings (SSSR count). The highest BCUT2D eigenvalue weighted by Crippen LogP contribution is 2.35. The van der Waals surface area contributed by atoms with E-state index in [1.165, 1.54) is 12.1 Å². The Morgan fingerprint density at radius 3 is 2.78 bits per heavy atom. The molecular weight excluding hydrogens is 347 g/mol. The number of amides is 1. The Balaban J connectivity index is 1.54. The summed E-state index contributed by atoms with van der Waals surface area (Å²) in [6.07, 6.45) is 0.613. The summed E-state index contributed by atoms with van der Waals surface area (Å²) in [7, 11) is 3.55. The number of rotatable bonds is 3. The normalized spacial score (nSPS) is 21.9. The van der Waals surface area contributed by atoms with Gasteiger partial charge < -0.3 is 14.5 Å². The van der Waals surface area contributed by atoms with Crippen molar-refractivity contribution in [3.8, 4) is 5.75 Å². The first-order valence-corrected chi connectivity index (χ1v) is 9.04. The van der Waals surface area contributed by atoms with Gasteiger partial charge in [-0.05, 0) is 30.7 Å². The number of benzene rings is 2. The third-order valence-electron chi connectivity index (χ3n) is 5.28. The van der Waals surface area contributed by atoms with Crippen molar-refractivity contribution in [1.29, 1.82) is 0 Å². The number of fused-ring (bicyclic) bond motifs is 1. The average Bonchev–Trinajstić information content (AvgIpc) is 3.18. The molecule has 2 atom stereocenters. The number of para-hydroxylation sites is 1. The molecule has 6 nitrogen and oxygen atoms in total. The van der Waals surface area contributed by atoms with Crippen LogP contribution in [0.25, 0.3) is 0 Å². The molecule has 27 heavy (non-hydrogen) atoms. The molecule has 7 heteroatoms. The van der Waals surface area contributed by atoms with Crippen molar-refractivity contribution < 1.29 is 13.9 Å². The quantitative estimate of drug-likeness (QED) is 0.868. The van der Waals surface area contributed by atoms with Gasteiger partial charge in [0.05, 0.1) is 24.5 Å². The zero-order valence-corrected chi connectivity index (χ0v) is 15.4. The van der Waals surface area contributed by atoms with Crippen LogP contribution in [0.2, 0.25) is 0 Å². The number of likely N-dealkylation sites (N-methyl/N-ethyl adjacent to an activating group) is 1. The van der Waals surface area contributed by atoms with Crippen LogP contribution in [-0.4, -0.2) is 39.2 Å². The standard InChI is InChI=1S/C20H23FN4O2/c1-24-9-10-25(17-8-7-13(21)11-18(17)24)20(26)16-12-15(22-23-16)14-5-3-4-6-19(14)27-2/h3-8,11,15-16,22-23H,9-10,12H2,1-2H3. The van der Waals surface area contributed by atoms with Gasteiger partial charge in [0.1, 0.15) is 17.6 Å². The highest BCUT2D eigenvalue weighted by molar-refractivity contribution is 6.01. The van der Waals surface area contributed by atoms with Crippen molar-refractivity contribution in [1.82, 2.24) is 10.9 Å². The third-order valence-corrected chi connectivity index (χ3v) is 5.28. The SMILES string of the molecule is COc1ccccc1C1CC(C(=O)N2CCN(C)c3cc(F)ccc32)NN1. The molecule has 0 bridgehead atoms. The van der Waals surface area contributed by atoms with Crippen molar-refractivity contribution in [3.63, 3.8) is 0 Å². The number of hydrogen-bond donors (Lipinski definition) is 2. The van der Waals surface area contributed by atoms with E-state index in [0.29, 0.717) is 19.5 Å². The Bertz CT molecular complexity index is 860. The molecule has 2 unspecified atom stereocenters. The van der Waals surface area contributed by atoms with Crippen LogP contribution < -0.4 is 25.4 Å². The molecule has 1 amide bonds. The van der Waals surface area contributed by atoms with E-state index in [-0.39, 0.29) is 23.8 Å². The zero-order chi connectivity index (χ0) is 19.0. The van der Waals surface area contributed by atoms with E-state index in [4.69, 9.17) is 4.74 Å². The van der Waals surface area contributed by atoms with Gasteiger partial charge in [-0.1, -0.05) is 18.2 Å². The summed E-state index contributed by atoms with van der Waals surface area (Å²) in [5.41, 5.74) is 8.84. The third kappa shape index (κ3) is 3.24. The number of nitrogens with zero attached hydrogens (tertiary/aromatic N) is 2. The van der Waals surface area contributed by atoms with Crippen molar-refractivity contribution in [3.05, 3.63) is 53.8 Å². The summed E-state index contributed by atoms with van der Waals surface area (Å²) in [5, 5.41) is 0. The van der Waals surface area contributed by atoms with Crippen LogP contribution in [0, 0.1) is 5.82 Å². The number of hydrazine groups is 1. The van der Waals surface area contributed by atoms with Gasteiger partial charge in [0, 0.05) is 25.7 Å². The smallest absolute Gasteiger partial charge is 0.245 e. The number of nitrogens with one attached hydrogen (secondary N) is 2. The maximum atomic E-state index is 13.6. The van der Waals surface area contributed by atoms with Gasteiger partial charge in [-0.15, -0.1) is 0 Å². The molecule has 0 saturated carbocycles. The lowest BCUT2D eigenvalue weighted by molar-refractivity contribution is -0.120. The fourth-order valence-corrected chi connectivity index (χ4v) is 3.81. The Morgan fingerprint density at radius 1 is 1.15 bits per heavy atom. The van der Waals surface area contributed by atoms with Gasteiger partial charge in [0.25, 0.3) is 0 Å². The summed E-state index contributed by atoms with van der Waals surface area (Å²) >= 11 is 0. The highest BCUT2D eigenvalue weighted by atomic mass is 19.1. The van der Waals surface area contributed by atoms with Crippen LogP contribution in [0.3, 0.4) is 0 Å². The van der Waals surface area contributed by atoms with Crippen LogP contribution in [-0.2, 0) is 4.79 Å². The molecule has 2 aromatic carbocycles. The number of carbonyl (C=O) groups excluding carboxylic acids is 1. The van der Waals surface area contributed by atoms with E-state index < -0.39 is 0 Å². The summed E-state index contributed by atoms with van der Waals surface area (Å²) in [5.74, 6) is 0.484. The van der Waals surface area contributed by atoms with Crippen molar-refractivity contribution in [2.24, 2.45) is 0 Å². The molecule has 1 saturated heterocycles. The second-order valence-electron chi connectivity index (χ2n) is 6.92. The van der Waals surface area contributed by atoms with Crippen LogP contribution >= 0.6 is 0 Å². The Hall–Kier alpha value is -2.64. The van der Waals surface area contributed by atoms with Crippen molar-refractivity contribution in [2.75, 3.05) is 37.0 Å². The topological polar surface area (TPSA) is 56.8 Å². The first kappa shape index (κ1) is 17.8. The van der Waals surface area contributed by atoms with Crippen LogP contribution in [0.4, 0.5) is 15.8 Å². The second kappa shape index (κ2) is 7.17. The van der Waals surface area contributed by atoms with Crippen LogP contribution in [0.1, 0.15) is 18.0 Å². The lowest BCUT2D eigenvalue weighted by atomic mass is 10.00.